The molecular formula is C13H13ClF3N5O2S. The van der Waals surface area contributed by atoms with Crippen molar-refractivity contribution >= 4 is 27.4 Å². The van der Waals surface area contributed by atoms with Crippen LogP contribution >= 0.6 is 11.6 Å². The Labute approximate surface area is 146 Å². The Morgan fingerprint density at radius 1 is 1.36 bits per heavy atom. The number of alkyl halides is 3. The molecule has 0 spiro atoms. The molecule has 0 aliphatic rings. The van der Waals surface area contributed by atoms with Gasteiger partial charge in [0.05, 0.1) is 5.69 Å². The lowest BCUT2D eigenvalue weighted by Crippen LogP contribution is -2.22. The molecule has 2 aromatic rings. The minimum atomic E-state index is -4.68. The molecule has 0 aliphatic heterocycles. The van der Waals surface area contributed by atoms with Gasteiger partial charge in [0.2, 0.25) is 15.3 Å². The van der Waals surface area contributed by atoms with Crippen LogP contribution in [0.4, 0.5) is 19.0 Å². The smallest absolute Gasteiger partial charge is 0.365 e. The summed E-state index contributed by atoms with van der Waals surface area (Å²) in [5.41, 5.74) is -0.611. The zero-order valence-electron chi connectivity index (χ0n) is 12.7. The predicted octanol–water partition coefficient (Wildman–Crippen LogP) is 2.51. The van der Waals surface area contributed by atoms with Gasteiger partial charge in [-0.05, 0) is 30.2 Å². The molecule has 0 saturated carbocycles. The molecule has 1 unspecified atom stereocenters. The van der Waals surface area contributed by atoms with Gasteiger partial charge in [-0.1, -0.05) is 6.07 Å². The van der Waals surface area contributed by atoms with E-state index in [-0.39, 0.29) is 17.5 Å². The lowest BCUT2D eigenvalue weighted by Gasteiger charge is -2.16. The second-order valence-corrected chi connectivity index (χ2v) is 7.25. The highest BCUT2D eigenvalue weighted by Crippen LogP contribution is 2.34. The van der Waals surface area contributed by atoms with Crippen LogP contribution < -0.4 is 10.5 Å². The van der Waals surface area contributed by atoms with Crippen LogP contribution in [0.3, 0.4) is 0 Å². The van der Waals surface area contributed by atoms with E-state index < -0.39 is 32.8 Å². The molecule has 12 heteroatoms. The van der Waals surface area contributed by atoms with E-state index in [1.807, 2.05) is 0 Å². The Bertz CT molecular complexity index is 876. The first-order valence-corrected chi connectivity index (χ1v) is 8.78. The van der Waals surface area contributed by atoms with Gasteiger partial charge in [-0.15, -0.1) is 0 Å². The highest BCUT2D eigenvalue weighted by Gasteiger charge is 2.35. The highest BCUT2D eigenvalue weighted by atomic mass is 35.5. The van der Waals surface area contributed by atoms with E-state index in [4.69, 9.17) is 16.7 Å². The van der Waals surface area contributed by atoms with Gasteiger partial charge in [-0.2, -0.15) is 13.2 Å². The van der Waals surface area contributed by atoms with Gasteiger partial charge in [-0.3, -0.25) is 4.98 Å². The van der Waals surface area contributed by atoms with Gasteiger partial charge >= 0.3 is 6.18 Å². The average molecular weight is 396 g/mol. The van der Waals surface area contributed by atoms with Crippen molar-refractivity contribution in [3.63, 3.8) is 0 Å². The summed E-state index contributed by atoms with van der Waals surface area (Å²) < 4.78 is 62.0. The first-order valence-electron chi connectivity index (χ1n) is 6.79. The summed E-state index contributed by atoms with van der Waals surface area (Å²) in [5.74, 6) is -0.523. The monoisotopic (exact) mass is 395 g/mol. The number of rotatable bonds is 5. The van der Waals surface area contributed by atoms with Crippen LogP contribution in [-0.2, 0) is 22.7 Å². The Balaban J connectivity index is 2.34. The predicted molar refractivity (Wildman–Crippen MR) is 85.1 cm³/mol. The molecule has 0 bridgehead atoms. The SMILES string of the molecule is CC(c1ncccc1CNc1nc(Cl)ncc1C(F)(F)F)S(N)(=O)=O. The summed E-state index contributed by atoms with van der Waals surface area (Å²) in [6.07, 6.45) is -2.75. The summed E-state index contributed by atoms with van der Waals surface area (Å²) in [6.45, 7) is 1.17. The Morgan fingerprint density at radius 2 is 2.04 bits per heavy atom. The zero-order chi connectivity index (χ0) is 18.8. The summed E-state index contributed by atoms with van der Waals surface area (Å²) in [4.78, 5) is 10.8. The summed E-state index contributed by atoms with van der Waals surface area (Å²) >= 11 is 5.55. The summed E-state index contributed by atoms with van der Waals surface area (Å²) in [7, 11) is -3.92. The molecule has 2 rings (SSSR count). The second kappa shape index (κ2) is 7.10. The number of nitrogens with one attached hydrogen (secondary N) is 1. The van der Waals surface area contributed by atoms with Gasteiger partial charge in [0.15, 0.2) is 0 Å². The lowest BCUT2D eigenvalue weighted by molar-refractivity contribution is -0.137. The Morgan fingerprint density at radius 3 is 2.64 bits per heavy atom. The number of nitrogens with zero attached hydrogens (tertiary/aromatic N) is 3. The highest BCUT2D eigenvalue weighted by molar-refractivity contribution is 7.89. The van der Waals surface area contributed by atoms with E-state index in [2.05, 4.69) is 20.3 Å². The number of pyridine rings is 1. The minimum absolute atomic E-state index is 0.131. The molecule has 7 nitrogen and oxygen atoms in total. The van der Waals surface area contributed by atoms with Gasteiger partial charge in [0.1, 0.15) is 16.6 Å². The maximum atomic E-state index is 13.0. The maximum Gasteiger partial charge on any atom is 0.421 e. The molecule has 1 atom stereocenters. The van der Waals surface area contributed by atoms with Crippen LogP contribution in [0.1, 0.15) is 29.0 Å². The third-order valence-corrected chi connectivity index (χ3v) is 4.71. The quantitative estimate of drug-likeness (QED) is 0.752. The zero-order valence-corrected chi connectivity index (χ0v) is 14.3. The number of anilines is 1. The summed E-state index contributed by atoms with van der Waals surface area (Å²) in [6, 6.07) is 3.04. The molecule has 2 aromatic heterocycles. The van der Waals surface area contributed by atoms with Crippen LogP contribution in [0.15, 0.2) is 24.5 Å². The number of hydrogen-bond acceptors (Lipinski definition) is 6. The molecule has 0 saturated heterocycles. The average Bonchev–Trinajstić information content (AvgIpc) is 2.50. The third kappa shape index (κ3) is 4.77. The molecule has 0 aromatic carbocycles. The number of hydrogen-bond donors (Lipinski definition) is 2. The van der Waals surface area contributed by atoms with E-state index in [9.17, 15) is 21.6 Å². The number of aromatic nitrogens is 3. The molecule has 2 heterocycles. The maximum absolute atomic E-state index is 13.0. The van der Waals surface area contributed by atoms with Crippen molar-refractivity contribution in [1.29, 1.82) is 0 Å². The number of halogens is 4. The second-order valence-electron chi connectivity index (χ2n) is 5.03. The van der Waals surface area contributed by atoms with Crippen LogP contribution in [0, 0.1) is 0 Å². The largest absolute Gasteiger partial charge is 0.421 e. The number of nitrogens with two attached hydrogens (primary N) is 1. The van der Waals surface area contributed by atoms with Gasteiger partial charge in [-0.25, -0.2) is 23.5 Å². The van der Waals surface area contributed by atoms with Crippen molar-refractivity contribution in [2.24, 2.45) is 5.14 Å². The van der Waals surface area contributed by atoms with E-state index in [1.165, 1.54) is 25.3 Å². The van der Waals surface area contributed by atoms with Crippen molar-refractivity contribution in [2.45, 2.75) is 24.9 Å². The standard InChI is InChI=1S/C13H13ClF3N5O2S/c1-7(25(18,23)24)10-8(3-2-4-19-10)5-20-11-9(13(15,16)17)6-21-12(14)22-11/h2-4,6-7H,5H2,1H3,(H2,18,23,24)(H,20,21,22). The molecule has 25 heavy (non-hydrogen) atoms. The topological polar surface area (TPSA) is 111 Å². The van der Waals surface area contributed by atoms with Crippen molar-refractivity contribution in [3.8, 4) is 0 Å². The van der Waals surface area contributed by atoms with Crippen molar-refractivity contribution in [2.75, 3.05) is 5.32 Å². The van der Waals surface area contributed by atoms with Crippen LogP contribution in [0.25, 0.3) is 0 Å². The molecule has 0 amide bonds. The first-order chi connectivity index (χ1) is 11.5. The molecule has 0 radical (unpaired) electrons. The normalized spacial score (nSPS) is 13.5. The minimum Gasteiger partial charge on any atom is -0.365 e. The van der Waals surface area contributed by atoms with Crippen LogP contribution in [0.5, 0.6) is 0 Å². The molecular weight excluding hydrogens is 383 g/mol. The van der Waals surface area contributed by atoms with E-state index in [0.29, 0.717) is 11.8 Å². The molecule has 0 aliphatic carbocycles. The number of sulfonamides is 1. The fourth-order valence-electron chi connectivity index (χ4n) is 2.00. The Hall–Kier alpha value is -1.98. The lowest BCUT2D eigenvalue weighted by atomic mass is 10.1. The molecule has 136 valence electrons. The van der Waals surface area contributed by atoms with E-state index in [0.717, 1.165) is 0 Å². The number of primary sulfonamides is 1. The van der Waals surface area contributed by atoms with Gasteiger partial charge < -0.3 is 5.32 Å². The summed E-state index contributed by atoms with van der Waals surface area (Å²) in [5, 5.41) is 6.12. The van der Waals surface area contributed by atoms with Gasteiger partial charge in [0.25, 0.3) is 0 Å². The van der Waals surface area contributed by atoms with E-state index in [1.54, 1.807) is 0 Å². The fourth-order valence-corrected chi connectivity index (χ4v) is 2.66. The van der Waals surface area contributed by atoms with Crippen LogP contribution in [-0.4, -0.2) is 23.4 Å². The van der Waals surface area contributed by atoms with Crippen molar-refractivity contribution < 1.29 is 21.6 Å². The molecule has 0 fully saturated rings. The van der Waals surface area contributed by atoms with Crippen LogP contribution in [0.2, 0.25) is 5.28 Å². The molecule has 3 N–H and O–H groups in total. The Kier molecular flexibility index (Phi) is 5.49. The third-order valence-electron chi connectivity index (χ3n) is 3.32. The fraction of sp³-hybridized carbons (Fsp3) is 0.308. The van der Waals surface area contributed by atoms with Crippen molar-refractivity contribution in [1.82, 2.24) is 15.0 Å². The van der Waals surface area contributed by atoms with Crippen molar-refractivity contribution in [3.05, 3.63) is 46.6 Å². The first kappa shape index (κ1) is 19.3. The van der Waals surface area contributed by atoms with E-state index >= 15 is 0 Å². The van der Waals surface area contributed by atoms with Gasteiger partial charge in [0, 0.05) is 18.9 Å².